The molecule has 0 aliphatic rings. The molecule has 0 aliphatic heterocycles. The Morgan fingerprint density at radius 1 is 1.73 bits per heavy atom. The average molecular weight is 153 g/mol. The fourth-order valence-electron chi connectivity index (χ4n) is 1.11. The molecule has 0 aliphatic carbocycles. The van der Waals surface area contributed by atoms with Crippen LogP contribution in [0.2, 0.25) is 0 Å². The topological polar surface area (TPSA) is 40.7 Å². The number of nitrogens with one attached hydrogen (secondary N) is 2. The first-order valence-electron chi connectivity index (χ1n) is 4.01. The van der Waals surface area contributed by atoms with Gasteiger partial charge in [0, 0.05) is 18.7 Å². The SMILES string of the molecule is CC[C@H](Cc1c[nH]cn1)NC. The normalized spacial score (nSPS) is 13.3. The molecule has 0 saturated carbocycles. The van der Waals surface area contributed by atoms with Gasteiger partial charge in [-0.2, -0.15) is 0 Å². The standard InChI is InChI=1S/C8H15N3/c1-3-7(9-2)4-8-5-10-6-11-8/h5-7,9H,3-4H2,1-2H3,(H,10,11)/t7-/m1/s1. The van der Waals surface area contributed by atoms with Gasteiger partial charge in [-0.1, -0.05) is 6.92 Å². The fourth-order valence-corrected chi connectivity index (χ4v) is 1.11. The van der Waals surface area contributed by atoms with Crippen LogP contribution in [0.25, 0.3) is 0 Å². The molecule has 0 unspecified atom stereocenters. The molecule has 1 atom stereocenters. The van der Waals surface area contributed by atoms with Crippen molar-refractivity contribution in [1.82, 2.24) is 15.3 Å². The lowest BCUT2D eigenvalue weighted by molar-refractivity contribution is 0.538. The number of hydrogen-bond acceptors (Lipinski definition) is 2. The Bertz CT molecular complexity index is 177. The minimum Gasteiger partial charge on any atom is -0.351 e. The van der Waals surface area contributed by atoms with Crippen LogP contribution in [0, 0.1) is 0 Å². The molecule has 2 N–H and O–H groups in total. The van der Waals surface area contributed by atoms with Crippen LogP contribution in [-0.2, 0) is 6.42 Å². The Labute approximate surface area is 67.2 Å². The Morgan fingerprint density at radius 2 is 2.55 bits per heavy atom. The van der Waals surface area contributed by atoms with E-state index >= 15 is 0 Å². The first kappa shape index (κ1) is 8.27. The van der Waals surface area contributed by atoms with Crippen molar-refractivity contribution in [3.63, 3.8) is 0 Å². The number of nitrogens with zero attached hydrogens (tertiary/aromatic N) is 1. The number of rotatable bonds is 4. The lowest BCUT2D eigenvalue weighted by Gasteiger charge is -2.10. The van der Waals surface area contributed by atoms with E-state index in [4.69, 9.17) is 0 Å². The van der Waals surface area contributed by atoms with Crippen LogP contribution in [0.1, 0.15) is 19.0 Å². The molecule has 0 spiro atoms. The smallest absolute Gasteiger partial charge is 0.0923 e. The number of aromatic amines is 1. The van der Waals surface area contributed by atoms with Gasteiger partial charge in [-0.25, -0.2) is 4.98 Å². The molecular formula is C8H15N3. The first-order valence-corrected chi connectivity index (χ1v) is 4.01. The molecular weight excluding hydrogens is 138 g/mol. The monoisotopic (exact) mass is 153 g/mol. The lowest BCUT2D eigenvalue weighted by Crippen LogP contribution is -2.26. The van der Waals surface area contributed by atoms with Gasteiger partial charge in [0.1, 0.15) is 0 Å². The van der Waals surface area contributed by atoms with Crippen molar-refractivity contribution in [2.45, 2.75) is 25.8 Å². The molecule has 0 aromatic carbocycles. The van der Waals surface area contributed by atoms with Gasteiger partial charge in [0.2, 0.25) is 0 Å². The average Bonchev–Trinajstić information content (AvgIpc) is 2.52. The minimum absolute atomic E-state index is 0.554. The zero-order valence-corrected chi connectivity index (χ0v) is 7.09. The maximum atomic E-state index is 4.16. The van der Waals surface area contributed by atoms with Gasteiger partial charge >= 0.3 is 0 Å². The summed E-state index contributed by atoms with van der Waals surface area (Å²) in [6.45, 7) is 2.17. The van der Waals surface area contributed by atoms with Crippen LogP contribution in [-0.4, -0.2) is 23.1 Å². The molecule has 62 valence electrons. The van der Waals surface area contributed by atoms with Gasteiger partial charge in [0.25, 0.3) is 0 Å². The highest BCUT2D eigenvalue weighted by molar-refractivity contribution is 4.96. The quantitative estimate of drug-likeness (QED) is 0.676. The van der Waals surface area contributed by atoms with E-state index in [1.54, 1.807) is 6.33 Å². The molecule has 1 aromatic heterocycles. The summed E-state index contributed by atoms with van der Waals surface area (Å²) in [6, 6.07) is 0.554. The van der Waals surface area contributed by atoms with Crippen molar-refractivity contribution in [3.8, 4) is 0 Å². The predicted molar refractivity (Wildman–Crippen MR) is 45.4 cm³/mol. The highest BCUT2D eigenvalue weighted by Crippen LogP contribution is 2.00. The molecule has 0 fully saturated rings. The van der Waals surface area contributed by atoms with Crippen molar-refractivity contribution >= 4 is 0 Å². The fraction of sp³-hybridized carbons (Fsp3) is 0.625. The van der Waals surface area contributed by atoms with Gasteiger partial charge in [-0.15, -0.1) is 0 Å². The van der Waals surface area contributed by atoms with E-state index in [2.05, 4.69) is 22.2 Å². The lowest BCUT2D eigenvalue weighted by atomic mass is 10.1. The number of imidazole rings is 1. The molecule has 0 amide bonds. The molecule has 0 radical (unpaired) electrons. The number of H-pyrrole nitrogens is 1. The molecule has 3 heteroatoms. The maximum absolute atomic E-state index is 4.16. The van der Waals surface area contributed by atoms with Gasteiger partial charge in [-0.3, -0.25) is 0 Å². The van der Waals surface area contributed by atoms with E-state index in [9.17, 15) is 0 Å². The van der Waals surface area contributed by atoms with Crippen LogP contribution in [0.15, 0.2) is 12.5 Å². The largest absolute Gasteiger partial charge is 0.351 e. The van der Waals surface area contributed by atoms with Gasteiger partial charge in [-0.05, 0) is 13.5 Å². The van der Waals surface area contributed by atoms with E-state index in [0.717, 1.165) is 18.5 Å². The Morgan fingerprint density at radius 3 is 3.00 bits per heavy atom. The van der Waals surface area contributed by atoms with Gasteiger partial charge in [0.05, 0.1) is 12.0 Å². The molecule has 0 bridgehead atoms. The van der Waals surface area contributed by atoms with Crippen LogP contribution < -0.4 is 5.32 Å². The van der Waals surface area contributed by atoms with Crippen molar-refractivity contribution in [1.29, 1.82) is 0 Å². The van der Waals surface area contributed by atoms with Crippen LogP contribution in [0.3, 0.4) is 0 Å². The summed E-state index contributed by atoms with van der Waals surface area (Å²) in [5.41, 5.74) is 1.13. The molecule has 1 heterocycles. The minimum atomic E-state index is 0.554. The van der Waals surface area contributed by atoms with E-state index < -0.39 is 0 Å². The highest BCUT2D eigenvalue weighted by Gasteiger charge is 2.04. The maximum Gasteiger partial charge on any atom is 0.0923 e. The van der Waals surface area contributed by atoms with Crippen molar-refractivity contribution in [3.05, 3.63) is 18.2 Å². The van der Waals surface area contributed by atoms with Gasteiger partial charge < -0.3 is 10.3 Å². The number of aromatic nitrogens is 2. The molecule has 1 aromatic rings. The second-order valence-electron chi connectivity index (χ2n) is 2.66. The molecule has 3 nitrogen and oxygen atoms in total. The predicted octanol–water partition coefficient (Wildman–Crippen LogP) is 0.950. The molecule has 1 rings (SSSR count). The highest BCUT2D eigenvalue weighted by atomic mass is 14.9. The van der Waals surface area contributed by atoms with E-state index in [1.807, 2.05) is 13.2 Å². The Balaban J connectivity index is 2.41. The number of hydrogen-bond donors (Lipinski definition) is 2. The summed E-state index contributed by atoms with van der Waals surface area (Å²) in [7, 11) is 1.99. The summed E-state index contributed by atoms with van der Waals surface area (Å²) < 4.78 is 0. The molecule has 0 saturated heterocycles. The van der Waals surface area contributed by atoms with Gasteiger partial charge in [0.15, 0.2) is 0 Å². The van der Waals surface area contributed by atoms with E-state index in [-0.39, 0.29) is 0 Å². The summed E-state index contributed by atoms with van der Waals surface area (Å²) in [6.07, 6.45) is 5.82. The Kier molecular flexibility index (Phi) is 3.11. The van der Waals surface area contributed by atoms with Crippen LogP contribution in [0.5, 0.6) is 0 Å². The van der Waals surface area contributed by atoms with Crippen molar-refractivity contribution in [2.24, 2.45) is 0 Å². The first-order chi connectivity index (χ1) is 5.36. The third-order valence-electron chi connectivity index (χ3n) is 1.91. The Hall–Kier alpha value is -0.830. The summed E-state index contributed by atoms with van der Waals surface area (Å²) in [5, 5.41) is 3.24. The second kappa shape index (κ2) is 4.13. The van der Waals surface area contributed by atoms with Crippen LogP contribution >= 0.6 is 0 Å². The second-order valence-corrected chi connectivity index (χ2v) is 2.66. The third kappa shape index (κ3) is 2.35. The van der Waals surface area contributed by atoms with Crippen LogP contribution in [0.4, 0.5) is 0 Å². The van der Waals surface area contributed by atoms with Crippen molar-refractivity contribution < 1.29 is 0 Å². The van der Waals surface area contributed by atoms with E-state index in [1.165, 1.54) is 0 Å². The molecule has 11 heavy (non-hydrogen) atoms. The van der Waals surface area contributed by atoms with E-state index in [0.29, 0.717) is 6.04 Å². The zero-order chi connectivity index (χ0) is 8.10. The number of likely N-dealkylation sites (N-methyl/N-ethyl adjacent to an activating group) is 1. The zero-order valence-electron chi connectivity index (χ0n) is 7.09. The van der Waals surface area contributed by atoms with Crippen molar-refractivity contribution in [2.75, 3.05) is 7.05 Å². The summed E-state index contributed by atoms with van der Waals surface area (Å²) in [5.74, 6) is 0. The summed E-state index contributed by atoms with van der Waals surface area (Å²) in [4.78, 5) is 7.10. The third-order valence-corrected chi connectivity index (χ3v) is 1.91. The summed E-state index contributed by atoms with van der Waals surface area (Å²) >= 11 is 0.